The van der Waals surface area contributed by atoms with E-state index in [1.54, 1.807) is 0 Å². The van der Waals surface area contributed by atoms with Crippen LogP contribution >= 0.6 is 0 Å². The second-order valence-corrected chi connectivity index (χ2v) is 15.7. The van der Waals surface area contributed by atoms with Gasteiger partial charge in [-0.05, 0) is 99.9 Å². The molecule has 278 valence electrons. The van der Waals surface area contributed by atoms with Crippen LogP contribution in [0.15, 0.2) is 206 Å². The topological polar surface area (TPSA) is 34.0 Å². The third kappa shape index (κ3) is 4.79. The van der Waals surface area contributed by atoms with E-state index in [0.717, 1.165) is 61.2 Å². The standard InChI is InChI=1S/C56H34N4/c1-2-18-39(19-3-1)59-49-26-11-8-22-42(49)45-33-38(28-30-51(45)59)55-56(58-48-25-10-9-24-47(48)57-55)44-29-31-50(41-21-7-6-20-40(41)44)60-52-27-13-17-35-16-12-23-43(54(35)52)46-32-36-14-4-5-15-37(36)34-53(46)60/h1-34H. The van der Waals surface area contributed by atoms with Gasteiger partial charge in [0.1, 0.15) is 0 Å². The number of hydrogen-bond donors (Lipinski definition) is 0. The van der Waals surface area contributed by atoms with Crippen molar-refractivity contribution in [1.82, 2.24) is 14.5 Å². The van der Waals surface area contributed by atoms with Gasteiger partial charge in [-0.2, -0.15) is 0 Å². The van der Waals surface area contributed by atoms with Crippen molar-refractivity contribution in [3.8, 4) is 39.3 Å². The largest absolute Gasteiger partial charge is 0.309 e. The second-order valence-electron chi connectivity index (χ2n) is 15.7. The minimum Gasteiger partial charge on any atom is -0.309 e. The monoisotopic (exact) mass is 762 g/mol. The average Bonchev–Trinajstić information content (AvgIpc) is 3.65. The number of rotatable bonds is 4. The summed E-state index contributed by atoms with van der Waals surface area (Å²) in [5.74, 6) is 0. The molecule has 2 aromatic heterocycles. The van der Waals surface area contributed by atoms with Gasteiger partial charge in [0.2, 0.25) is 0 Å². The Morgan fingerprint density at radius 3 is 1.82 bits per heavy atom. The van der Waals surface area contributed by atoms with E-state index in [-0.39, 0.29) is 0 Å². The highest BCUT2D eigenvalue weighted by molar-refractivity contribution is 6.18. The Morgan fingerprint density at radius 2 is 0.983 bits per heavy atom. The Balaban J connectivity index is 1.06. The van der Waals surface area contributed by atoms with Gasteiger partial charge >= 0.3 is 0 Å². The second kappa shape index (κ2) is 12.7. The number of fused-ring (bicyclic) bond motifs is 8. The van der Waals surface area contributed by atoms with Gasteiger partial charge < -0.3 is 9.47 Å². The van der Waals surface area contributed by atoms with E-state index < -0.39 is 0 Å². The van der Waals surface area contributed by atoms with Gasteiger partial charge in [0.25, 0.3) is 0 Å². The first-order valence-corrected chi connectivity index (χ1v) is 20.5. The van der Waals surface area contributed by atoms with Crippen molar-refractivity contribution in [2.24, 2.45) is 0 Å². The molecule has 0 saturated heterocycles. The number of para-hydroxylation sites is 4. The van der Waals surface area contributed by atoms with E-state index in [0.29, 0.717) is 0 Å². The molecule has 0 fully saturated rings. The zero-order valence-corrected chi connectivity index (χ0v) is 32.4. The highest BCUT2D eigenvalue weighted by atomic mass is 15.2. The number of aromatic nitrogens is 3. The fourth-order valence-electron chi connectivity index (χ4n) is 9.80. The van der Waals surface area contributed by atoms with E-state index in [4.69, 9.17) is 9.97 Å². The van der Waals surface area contributed by atoms with Crippen molar-refractivity contribution in [3.63, 3.8) is 0 Å². The van der Waals surface area contributed by atoms with Crippen molar-refractivity contribution >= 4 is 82.2 Å². The van der Waals surface area contributed by atoms with E-state index in [2.05, 4.69) is 204 Å². The summed E-state index contributed by atoms with van der Waals surface area (Å²) in [6, 6.07) is 74.4. The Labute approximate surface area is 345 Å². The molecule has 10 aromatic carbocycles. The molecule has 0 amide bonds. The van der Waals surface area contributed by atoms with Crippen LogP contribution in [0.25, 0.3) is 104 Å². The molecule has 13 rings (SSSR count). The van der Waals surface area contributed by atoms with Crippen molar-refractivity contribution in [1.29, 1.82) is 0 Å². The van der Waals surface area contributed by atoms with Crippen LogP contribution in [-0.4, -0.2) is 14.5 Å². The molecule has 1 aliphatic rings. The van der Waals surface area contributed by atoms with Crippen molar-refractivity contribution in [2.75, 3.05) is 4.90 Å². The maximum atomic E-state index is 5.46. The van der Waals surface area contributed by atoms with Gasteiger partial charge in [-0.3, -0.25) is 0 Å². The minimum atomic E-state index is 0.860. The number of nitrogens with zero attached hydrogens (tertiary/aromatic N) is 4. The summed E-state index contributed by atoms with van der Waals surface area (Å²) in [5.41, 5.74) is 15.0. The highest BCUT2D eigenvalue weighted by Crippen LogP contribution is 2.53. The third-order valence-electron chi connectivity index (χ3n) is 12.4. The van der Waals surface area contributed by atoms with Crippen LogP contribution in [0.3, 0.4) is 0 Å². The zero-order chi connectivity index (χ0) is 39.3. The van der Waals surface area contributed by atoms with Crippen molar-refractivity contribution in [3.05, 3.63) is 206 Å². The number of benzene rings is 10. The Hall–Kier alpha value is -8.08. The zero-order valence-electron chi connectivity index (χ0n) is 32.4. The maximum absolute atomic E-state index is 5.46. The Morgan fingerprint density at radius 1 is 0.333 bits per heavy atom. The summed E-state index contributed by atoms with van der Waals surface area (Å²) in [5, 5.41) is 9.60. The number of hydrogen-bond acceptors (Lipinski definition) is 3. The van der Waals surface area contributed by atoms with E-state index in [1.165, 1.54) is 60.3 Å². The van der Waals surface area contributed by atoms with Gasteiger partial charge in [0.15, 0.2) is 0 Å². The van der Waals surface area contributed by atoms with Crippen LogP contribution in [0.5, 0.6) is 0 Å². The lowest BCUT2D eigenvalue weighted by molar-refractivity contribution is 1.18. The highest BCUT2D eigenvalue weighted by Gasteiger charge is 2.28. The molecule has 0 aliphatic carbocycles. The molecule has 1 aliphatic heterocycles. The van der Waals surface area contributed by atoms with Gasteiger partial charge in [0.05, 0.1) is 50.5 Å². The summed E-state index contributed by atoms with van der Waals surface area (Å²) in [6.07, 6.45) is 0. The molecule has 4 nitrogen and oxygen atoms in total. The molecule has 0 N–H and O–H groups in total. The van der Waals surface area contributed by atoms with Crippen molar-refractivity contribution < 1.29 is 0 Å². The molecule has 0 atom stereocenters. The quantitative estimate of drug-likeness (QED) is 0.179. The van der Waals surface area contributed by atoms with Gasteiger partial charge in [-0.1, -0.05) is 133 Å². The Bertz CT molecular complexity index is 3730. The first kappa shape index (κ1) is 32.9. The van der Waals surface area contributed by atoms with Crippen molar-refractivity contribution in [2.45, 2.75) is 0 Å². The molecule has 0 bridgehead atoms. The molecule has 4 heteroatoms. The normalized spacial score (nSPS) is 12.3. The van der Waals surface area contributed by atoms with Crippen LogP contribution in [-0.2, 0) is 0 Å². The first-order valence-electron chi connectivity index (χ1n) is 20.5. The first-order chi connectivity index (χ1) is 29.8. The lowest BCUT2D eigenvalue weighted by atomic mass is 9.88. The van der Waals surface area contributed by atoms with Gasteiger partial charge in [-0.15, -0.1) is 0 Å². The van der Waals surface area contributed by atoms with Gasteiger partial charge in [-0.25, -0.2) is 9.97 Å². The van der Waals surface area contributed by atoms with E-state index >= 15 is 0 Å². The predicted octanol–water partition coefficient (Wildman–Crippen LogP) is 15.0. The molecule has 0 radical (unpaired) electrons. The fourth-order valence-corrected chi connectivity index (χ4v) is 9.80. The lowest BCUT2D eigenvalue weighted by Gasteiger charge is -2.34. The minimum absolute atomic E-state index is 0.860. The predicted molar refractivity (Wildman–Crippen MR) is 251 cm³/mol. The SMILES string of the molecule is c1ccc(-n2c3ccccc3c3cc(-c4nc5ccccc5nc4-c4ccc(N5c6cc7ccccc7cc6-c6cccc7cccc5c67)c5ccccc45)ccc32)cc1. The number of anilines is 3. The average molecular weight is 763 g/mol. The summed E-state index contributed by atoms with van der Waals surface area (Å²) in [6.45, 7) is 0. The fraction of sp³-hybridized carbons (Fsp3) is 0. The van der Waals surface area contributed by atoms with Crippen LogP contribution < -0.4 is 4.90 Å². The van der Waals surface area contributed by atoms with Crippen LogP contribution in [0.1, 0.15) is 0 Å². The summed E-state index contributed by atoms with van der Waals surface area (Å²) in [4.78, 5) is 13.4. The van der Waals surface area contributed by atoms with Gasteiger partial charge in [0, 0.05) is 43.9 Å². The molecular weight excluding hydrogens is 729 g/mol. The van der Waals surface area contributed by atoms with Crippen LogP contribution in [0.2, 0.25) is 0 Å². The molecular formula is C56H34N4. The molecule has 0 saturated carbocycles. The van der Waals surface area contributed by atoms with Crippen LogP contribution in [0, 0.1) is 0 Å². The van der Waals surface area contributed by atoms with Crippen LogP contribution in [0.4, 0.5) is 17.1 Å². The molecule has 12 aromatic rings. The lowest BCUT2D eigenvalue weighted by Crippen LogP contribution is -2.15. The van der Waals surface area contributed by atoms with E-state index in [1.807, 2.05) is 12.1 Å². The maximum Gasteiger partial charge on any atom is 0.0979 e. The third-order valence-corrected chi connectivity index (χ3v) is 12.4. The molecule has 0 unspecified atom stereocenters. The molecule has 3 heterocycles. The summed E-state index contributed by atoms with van der Waals surface area (Å²) >= 11 is 0. The smallest absolute Gasteiger partial charge is 0.0979 e. The van der Waals surface area contributed by atoms with E-state index in [9.17, 15) is 0 Å². The molecule has 60 heavy (non-hydrogen) atoms. The summed E-state index contributed by atoms with van der Waals surface area (Å²) < 4.78 is 2.36. The molecule has 0 spiro atoms. The summed E-state index contributed by atoms with van der Waals surface area (Å²) in [7, 11) is 0. The Kier molecular flexibility index (Phi) is 6.98.